The first-order valence-electron chi connectivity index (χ1n) is 23.6. The molecule has 0 radical (unpaired) electrons. The smallest absolute Gasteiger partial charge is 0.0465 e. The maximum Gasteiger partial charge on any atom is 0.0465 e. The van der Waals surface area contributed by atoms with Gasteiger partial charge in [0.05, 0.1) is 0 Å². The van der Waals surface area contributed by atoms with Crippen LogP contribution >= 0.6 is 0 Å². The number of anilines is 3. The van der Waals surface area contributed by atoms with Crippen LogP contribution in [0, 0.1) is 0 Å². The first kappa shape index (κ1) is 40.5. The van der Waals surface area contributed by atoms with Gasteiger partial charge in [-0.3, -0.25) is 0 Å². The van der Waals surface area contributed by atoms with Gasteiger partial charge >= 0.3 is 0 Å². The molecular weight excluding hydrogens is 807 g/mol. The SMILES string of the molecule is CC1(C)c2ccccc2-c2ccc(N(c3ccc(-c4ccc(-c5ccccc5)c(-c5ccccc5)c4)cc3)c3ccc(-c4ccccc4-c4cccc5c4C(C)(C)c4ccccc4-5)cc3)cc21. The molecule has 1 heteroatoms. The molecule has 0 atom stereocenters. The van der Waals surface area contributed by atoms with Crippen LogP contribution in [0.25, 0.3) is 77.9 Å². The molecule has 320 valence electrons. The molecule has 10 aromatic rings. The van der Waals surface area contributed by atoms with Gasteiger partial charge in [-0.1, -0.05) is 222 Å². The first-order valence-corrected chi connectivity index (χ1v) is 23.6. The lowest BCUT2D eigenvalue weighted by molar-refractivity contribution is 0.660. The number of rotatable bonds is 8. The summed E-state index contributed by atoms with van der Waals surface area (Å²) in [4.78, 5) is 2.43. The molecule has 0 aliphatic heterocycles. The van der Waals surface area contributed by atoms with Crippen LogP contribution in [0.2, 0.25) is 0 Å². The van der Waals surface area contributed by atoms with Gasteiger partial charge in [0.1, 0.15) is 0 Å². The molecule has 0 spiro atoms. The van der Waals surface area contributed by atoms with Crippen LogP contribution in [-0.4, -0.2) is 0 Å². The minimum Gasteiger partial charge on any atom is -0.310 e. The van der Waals surface area contributed by atoms with Crippen molar-refractivity contribution in [2.45, 2.75) is 38.5 Å². The second kappa shape index (κ2) is 15.9. The maximum atomic E-state index is 2.43. The van der Waals surface area contributed by atoms with Crippen molar-refractivity contribution in [3.63, 3.8) is 0 Å². The Morgan fingerprint density at radius 2 is 0.642 bits per heavy atom. The van der Waals surface area contributed by atoms with Gasteiger partial charge in [-0.05, 0) is 143 Å². The second-order valence-corrected chi connectivity index (χ2v) is 19.3. The monoisotopic (exact) mass is 857 g/mol. The molecule has 0 heterocycles. The second-order valence-electron chi connectivity index (χ2n) is 19.3. The predicted octanol–water partition coefficient (Wildman–Crippen LogP) is 18.1. The Morgan fingerprint density at radius 1 is 0.239 bits per heavy atom. The molecule has 0 bridgehead atoms. The molecule has 0 fully saturated rings. The molecule has 0 aromatic heterocycles. The van der Waals surface area contributed by atoms with Crippen LogP contribution < -0.4 is 4.90 Å². The number of hydrogen-bond donors (Lipinski definition) is 0. The van der Waals surface area contributed by atoms with Gasteiger partial charge in [-0.2, -0.15) is 0 Å². The van der Waals surface area contributed by atoms with Gasteiger partial charge < -0.3 is 4.90 Å². The molecule has 0 saturated heterocycles. The van der Waals surface area contributed by atoms with Crippen LogP contribution in [0.15, 0.2) is 237 Å². The number of benzene rings is 10. The summed E-state index contributed by atoms with van der Waals surface area (Å²) in [7, 11) is 0. The fraction of sp³-hybridized carbons (Fsp3) is 0.0909. The summed E-state index contributed by atoms with van der Waals surface area (Å²) in [6, 6.07) is 87.4. The third-order valence-electron chi connectivity index (χ3n) is 14.7. The molecule has 0 unspecified atom stereocenters. The number of fused-ring (bicyclic) bond motifs is 6. The summed E-state index contributed by atoms with van der Waals surface area (Å²) in [6.45, 7) is 9.48. The Bertz CT molecular complexity index is 3480. The lowest BCUT2D eigenvalue weighted by Gasteiger charge is -2.28. The standard InChI is InChI=1S/C66H51N/c1-65(2)61-28-15-13-24-55(61)57-41-39-51(43-63(57)65)67(49-35-30-44(31-36-49)48-34-40-53(45-18-7-5-8-19-45)60(42-48)46-20-9-6-10-21-46)50-37-32-47(33-38-50)52-22-11-12-23-54(52)58-26-17-27-59-56-25-14-16-29-62(56)66(3,4)64(58)59/h5-43H,1-4H3. The quantitative estimate of drug-likeness (QED) is 0.147. The third kappa shape index (κ3) is 6.68. The molecule has 12 rings (SSSR count). The van der Waals surface area contributed by atoms with E-state index in [1.54, 1.807) is 0 Å². The Balaban J connectivity index is 0.951. The molecule has 2 aliphatic carbocycles. The van der Waals surface area contributed by atoms with Gasteiger partial charge in [-0.15, -0.1) is 0 Å². The minimum atomic E-state index is -0.124. The van der Waals surface area contributed by atoms with Gasteiger partial charge in [-0.25, -0.2) is 0 Å². The molecular formula is C66H51N. The fourth-order valence-electron chi connectivity index (χ4n) is 11.4. The van der Waals surface area contributed by atoms with Crippen molar-refractivity contribution in [1.82, 2.24) is 0 Å². The molecule has 1 nitrogen and oxygen atoms in total. The predicted molar refractivity (Wildman–Crippen MR) is 283 cm³/mol. The van der Waals surface area contributed by atoms with Crippen molar-refractivity contribution < 1.29 is 0 Å². The van der Waals surface area contributed by atoms with Crippen molar-refractivity contribution in [1.29, 1.82) is 0 Å². The van der Waals surface area contributed by atoms with Crippen LogP contribution in [0.3, 0.4) is 0 Å². The molecule has 67 heavy (non-hydrogen) atoms. The summed E-state index contributed by atoms with van der Waals surface area (Å²) < 4.78 is 0. The Hall–Kier alpha value is -8.00. The molecule has 0 N–H and O–H groups in total. The fourth-order valence-corrected chi connectivity index (χ4v) is 11.4. The average Bonchev–Trinajstić information content (AvgIpc) is 3.76. The van der Waals surface area contributed by atoms with E-state index < -0.39 is 0 Å². The zero-order chi connectivity index (χ0) is 45.3. The van der Waals surface area contributed by atoms with E-state index in [2.05, 4.69) is 269 Å². The highest BCUT2D eigenvalue weighted by Crippen LogP contribution is 2.54. The topological polar surface area (TPSA) is 3.24 Å². The first-order chi connectivity index (χ1) is 32.8. The van der Waals surface area contributed by atoms with Gasteiger partial charge in [0.2, 0.25) is 0 Å². The zero-order valence-corrected chi connectivity index (χ0v) is 38.5. The van der Waals surface area contributed by atoms with Crippen molar-refractivity contribution >= 4 is 17.1 Å². The van der Waals surface area contributed by atoms with Crippen molar-refractivity contribution in [3.8, 4) is 77.9 Å². The summed E-state index contributed by atoms with van der Waals surface area (Å²) in [5, 5.41) is 0. The lowest BCUT2D eigenvalue weighted by atomic mass is 9.78. The lowest BCUT2D eigenvalue weighted by Crippen LogP contribution is -2.16. The Labute approximate surface area is 395 Å². The van der Waals surface area contributed by atoms with E-state index in [9.17, 15) is 0 Å². The molecule has 0 amide bonds. The van der Waals surface area contributed by atoms with Gasteiger partial charge in [0.15, 0.2) is 0 Å². The van der Waals surface area contributed by atoms with E-state index in [0.29, 0.717) is 0 Å². The van der Waals surface area contributed by atoms with Crippen molar-refractivity contribution in [3.05, 3.63) is 259 Å². The van der Waals surface area contributed by atoms with E-state index in [0.717, 1.165) is 17.1 Å². The van der Waals surface area contributed by atoms with E-state index in [4.69, 9.17) is 0 Å². The van der Waals surface area contributed by atoms with Crippen LogP contribution in [-0.2, 0) is 10.8 Å². The van der Waals surface area contributed by atoms with Gasteiger partial charge in [0.25, 0.3) is 0 Å². The normalized spacial score (nSPS) is 13.6. The largest absolute Gasteiger partial charge is 0.310 e. The minimum absolute atomic E-state index is 0.114. The van der Waals surface area contributed by atoms with Crippen molar-refractivity contribution in [2.24, 2.45) is 0 Å². The number of nitrogens with zero attached hydrogens (tertiary/aromatic N) is 1. The van der Waals surface area contributed by atoms with Crippen molar-refractivity contribution in [2.75, 3.05) is 4.90 Å². The van der Waals surface area contributed by atoms with Crippen LogP contribution in [0.5, 0.6) is 0 Å². The van der Waals surface area contributed by atoms with E-state index >= 15 is 0 Å². The Morgan fingerprint density at radius 3 is 1.28 bits per heavy atom. The molecule has 10 aromatic carbocycles. The number of hydrogen-bond acceptors (Lipinski definition) is 1. The molecule has 2 aliphatic rings. The van der Waals surface area contributed by atoms with Crippen LogP contribution in [0.1, 0.15) is 49.9 Å². The van der Waals surface area contributed by atoms with Gasteiger partial charge in [0, 0.05) is 27.9 Å². The van der Waals surface area contributed by atoms with E-state index in [1.165, 1.54) is 100 Å². The van der Waals surface area contributed by atoms with Crippen LogP contribution in [0.4, 0.5) is 17.1 Å². The molecule has 0 saturated carbocycles. The zero-order valence-electron chi connectivity index (χ0n) is 38.5. The Kier molecular flexibility index (Phi) is 9.59. The van der Waals surface area contributed by atoms with E-state index in [1.807, 2.05) is 0 Å². The summed E-state index contributed by atoms with van der Waals surface area (Å²) in [5.41, 5.74) is 26.2. The highest BCUT2D eigenvalue weighted by atomic mass is 15.1. The summed E-state index contributed by atoms with van der Waals surface area (Å²) in [5.74, 6) is 0. The maximum absolute atomic E-state index is 2.43. The third-order valence-corrected chi connectivity index (χ3v) is 14.7. The highest BCUT2D eigenvalue weighted by Gasteiger charge is 2.38. The van der Waals surface area contributed by atoms with E-state index in [-0.39, 0.29) is 10.8 Å². The average molecular weight is 858 g/mol. The summed E-state index contributed by atoms with van der Waals surface area (Å²) in [6.07, 6.45) is 0. The summed E-state index contributed by atoms with van der Waals surface area (Å²) >= 11 is 0. The highest BCUT2D eigenvalue weighted by molar-refractivity contribution is 5.94.